The topological polar surface area (TPSA) is 37.4 Å². The Labute approximate surface area is 112 Å². The summed E-state index contributed by atoms with van der Waals surface area (Å²) in [5.41, 5.74) is 1.16. The summed E-state index contributed by atoms with van der Waals surface area (Å²) in [6.45, 7) is 5.84. The quantitative estimate of drug-likeness (QED) is 0.905. The molecule has 100 valence electrons. The lowest BCUT2D eigenvalue weighted by Gasteiger charge is -2.37. The Bertz CT molecular complexity index is 395. The zero-order valence-electron chi connectivity index (χ0n) is 10.9. The Hall–Kier alpha value is -0.650. The van der Waals surface area contributed by atoms with Gasteiger partial charge in [0.1, 0.15) is 0 Å². The van der Waals surface area contributed by atoms with Gasteiger partial charge >= 0.3 is 0 Å². The van der Waals surface area contributed by atoms with Crippen molar-refractivity contribution in [2.75, 3.05) is 24.6 Å². The summed E-state index contributed by atoms with van der Waals surface area (Å²) in [5, 5.41) is 6.69. The molecule has 3 rings (SSSR count). The summed E-state index contributed by atoms with van der Waals surface area (Å²) in [7, 11) is 0. The number of nitrogens with one attached hydrogen (secondary N) is 1. The Morgan fingerprint density at radius 1 is 1.56 bits per heavy atom. The van der Waals surface area contributed by atoms with Crippen LogP contribution < -0.4 is 10.2 Å². The molecule has 2 heterocycles. The number of hydrogen-bond donors (Lipinski definition) is 1. The minimum absolute atomic E-state index is 0.444. The summed E-state index contributed by atoms with van der Waals surface area (Å²) in [5.74, 6) is 0. The number of ether oxygens (including phenoxy) is 1. The number of morpholine rings is 1. The molecule has 1 aliphatic heterocycles. The smallest absolute Gasteiger partial charge is 0.185 e. The molecule has 4 nitrogen and oxygen atoms in total. The van der Waals surface area contributed by atoms with Gasteiger partial charge in [-0.2, -0.15) is 0 Å². The number of thiazole rings is 1. The van der Waals surface area contributed by atoms with Gasteiger partial charge in [0, 0.05) is 18.5 Å². The van der Waals surface area contributed by atoms with E-state index in [0.29, 0.717) is 12.1 Å². The summed E-state index contributed by atoms with van der Waals surface area (Å²) in [6, 6.07) is 0.567. The van der Waals surface area contributed by atoms with Crippen molar-refractivity contribution >= 4 is 16.5 Å². The Balaban J connectivity index is 1.71. The van der Waals surface area contributed by atoms with Crippen LogP contribution in [0.2, 0.25) is 0 Å². The van der Waals surface area contributed by atoms with Crippen molar-refractivity contribution in [1.29, 1.82) is 0 Å². The summed E-state index contributed by atoms with van der Waals surface area (Å²) < 4.78 is 5.85. The molecule has 1 aromatic heterocycles. The van der Waals surface area contributed by atoms with E-state index in [2.05, 4.69) is 22.5 Å². The van der Waals surface area contributed by atoms with E-state index < -0.39 is 0 Å². The standard InChI is InChI=1S/C13H21N3OS/c1-2-14-8-10-9-18-13(15-10)16-6-7-17-12-5-3-4-11(12)16/h9,11-12,14H,2-8H2,1H3. The Morgan fingerprint density at radius 2 is 2.50 bits per heavy atom. The van der Waals surface area contributed by atoms with Gasteiger partial charge in [0.2, 0.25) is 0 Å². The van der Waals surface area contributed by atoms with Crippen LogP contribution >= 0.6 is 11.3 Å². The first kappa shape index (κ1) is 12.4. The van der Waals surface area contributed by atoms with Crippen LogP contribution in [0, 0.1) is 0 Å². The Kier molecular flexibility index (Phi) is 3.82. The third kappa shape index (κ3) is 2.39. The molecule has 0 spiro atoms. The first-order valence-corrected chi connectivity index (χ1v) is 7.80. The maximum atomic E-state index is 5.85. The number of anilines is 1. The zero-order chi connectivity index (χ0) is 12.4. The van der Waals surface area contributed by atoms with E-state index in [-0.39, 0.29) is 0 Å². The molecule has 2 atom stereocenters. The number of nitrogens with zero attached hydrogens (tertiary/aromatic N) is 2. The number of aromatic nitrogens is 1. The highest BCUT2D eigenvalue weighted by atomic mass is 32.1. The van der Waals surface area contributed by atoms with Crippen LogP contribution in [0.4, 0.5) is 5.13 Å². The van der Waals surface area contributed by atoms with Crippen LogP contribution in [-0.2, 0) is 11.3 Å². The van der Waals surface area contributed by atoms with Crippen molar-refractivity contribution in [1.82, 2.24) is 10.3 Å². The molecule has 1 aromatic rings. The highest BCUT2D eigenvalue weighted by molar-refractivity contribution is 7.13. The minimum atomic E-state index is 0.444. The fraction of sp³-hybridized carbons (Fsp3) is 0.769. The van der Waals surface area contributed by atoms with Gasteiger partial charge in [0.05, 0.1) is 24.4 Å². The molecule has 2 unspecified atom stereocenters. The van der Waals surface area contributed by atoms with E-state index in [1.165, 1.54) is 24.4 Å². The van der Waals surface area contributed by atoms with E-state index in [1.807, 2.05) is 0 Å². The van der Waals surface area contributed by atoms with Crippen LogP contribution in [0.3, 0.4) is 0 Å². The molecule has 0 aromatic carbocycles. The van der Waals surface area contributed by atoms with Crippen LogP contribution in [0.25, 0.3) is 0 Å². The molecule has 1 N–H and O–H groups in total. The first-order chi connectivity index (χ1) is 8.88. The largest absolute Gasteiger partial charge is 0.374 e. The van der Waals surface area contributed by atoms with Gasteiger partial charge in [0.25, 0.3) is 0 Å². The van der Waals surface area contributed by atoms with Gasteiger partial charge in [-0.1, -0.05) is 6.92 Å². The van der Waals surface area contributed by atoms with E-state index in [4.69, 9.17) is 9.72 Å². The molecule has 0 radical (unpaired) electrons. The van der Waals surface area contributed by atoms with Crippen molar-refractivity contribution in [3.63, 3.8) is 0 Å². The Morgan fingerprint density at radius 3 is 3.39 bits per heavy atom. The summed E-state index contributed by atoms with van der Waals surface area (Å²) in [6.07, 6.45) is 4.21. The number of rotatable bonds is 4. The van der Waals surface area contributed by atoms with Gasteiger partial charge < -0.3 is 15.0 Å². The van der Waals surface area contributed by atoms with Crippen molar-refractivity contribution in [2.45, 2.75) is 44.9 Å². The van der Waals surface area contributed by atoms with Crippen molar-refractivity contribution < 1.29 is 4.74 Å². The summed E-state index contributed by atoms with van der Waals surface area (Å²) in [4.78, 5) is 7.23. The van der Waals surface area contributed by atoms with Crippen molar-refractivity contribution in [2.24, 2.45) is 0 Å². The van der Waals surface area contributed by atoms with E-state index in [9.17, 15) is 0 Å². The molecular weight excluding hydrogens is 246 g/mol. The summed E-state index contributed by atoms with van der Waals surface area (Å²) >= 11 is 1.77. The average molecular weight is 267 g/mol. The maximum absolute atomic E-state index is 5.85. The fourth-order valence-electron chi connectivity index (χ4n) is 2.93. The number of hydrogen-bond acceptors (Lipinski definition) is 5. The van der Waals surface area contributed by atoms with Gasteiger partial charge in [-0.15, -0.1) is 11.3 Å². The maximum Gasteiger partial charge on any atom is 0.185 e. The molecule has 1 saturated heterocycles. The average Bonchev–Trinajstić information content (AvgIpc) is 3.04. The third-order valence-corrected chi connectivity index (χ3v) is 4.75. The predicted molar refractivity (Wildman–Crippen MR) is 74.2 cm³/mol. The molecule has 2 aliphatic rings. The van der Waals surface area contributed by atoms with E-state index in [1.54, 1.807) is 11.3 Å². The second-order valence-electron chi connectivity index (χ2n) is 5.00. The lowest BCUT2D eigenvalue weighted by Crippen LogP contribution is -2.48. The van der Waals surface area contributed by atoms with Crippen molar-refractivity contribution in [3.05, 3.63) is 11.1 Å². The normalized spacial score (nSPS) is 27.5. The highest BCUT2D eigenvalue weighted by Gasteiger charge is 2.37. The van der Waals surface area contributed by atoms with Gasteiger partial charge in [0.15, 0.2) is 5.13 Å². The fourth-order valence-corrected chi connectivity index (χ4v) is 3.84. The van der Waals surface area contributed by atoms with Crippen LogP contribution in [0.5, 0.6) is 0 Å². The molecule has 5 heteroatoms. The second-order valence-corrected chi connectivity index (χ2v) is 5.84. The van der Waals surface area contributed by atoms with E-state index >= 15 is 0 Å². The predicted octanol–water partition coefficient (Wildman–Crippen LogP) is 2.01. The molecule has 0 bridgehead atoms. The molecule has 18 heavy (non-hydrogen) atoms. The molecule has 1 aliphatic carbocycles. The zero-order valence-corrected chi connectivity index (χ0v) is 11.7. The molecule has 0 amide bonds. The van der Waals surface area contributed by atoms with Crippen molar-refractivity contribution in [3.8, 4) is 0 Å². The minimum Gasteiger partial charge on any atom is -0.374 e. The van der Waals surface area contributed by atoms with Crippen LogP contribution in [0.1, 0.15) is 31.9 Å². The number of fused-ring (bicyclic) bond motifs is 1. The SMILES string of the molecule is CCNCc1csc(N2CCOC3CCCC32)n1. The van der Waals surface area contributed by atoms with E-state index in [0.717, 1.165) is 31.9 Å². The highest BCUT2D eigenvalue weighted by Crippen LogP contribution is 2.34. The van der Waals surface area contributed by atoms with Gasteiger partial charge in [-0.05, 0) is 25.8 Å². The molecular formula is C13H21N3OS. The lowest BCUT2D eigenvalue weighted by molar-refractivity contribution is 0.0256. The monoisotopic (exact) mass is 267 g/mol. The van der Waals surface area contributed by atoms with Gasteiger partial charge in [-0.25, -0.2) is 4.98 Å². The lowest BCUT2D eigenvalue weighted by atomic mass is 10.1. The van der Waals surface area contributed by atoms with Crippen LogP contribution in [-0.4, -0.2) is 36.8 Å². The molecule has 2 fully saturated rings. The first-order valence-electron chi connectivity index (χ1n) is 6.92. The third-order valence-electron chi connectivity index (χ3n) is 3.82. The van der Waals surface area contributed by atoms with Crippen LogP contribution in [0.15, 0.2) is 5.38 Å². The second kappa shape index (κ2) is 5.55. The molecule has 1 saturated carbocycles. The van der Waals surface area contributed by atoms with Gasteiger partial charge in [-0.3, -0.25) is 0 Å².